The molecule has 0 saturated carbocycles. The molecule has 0 amide bonds. The summed E-state index contributed by atoms with van der Waals surface area (Å²) in [6.45, 7) is 4.38. The van der Waals surface area contributed by atoms with Crippen LogP contribution in [0.25, 0.3) is 0 Å². The van der Waals surface area contributed by atoms with Gasteiger partial charge in [-0.1, -0.05) is 48.0 Å². The van der Waals surface area contributed by atoms with Crippen molar-refractivity contribution in [2.45, 2.75) is 32.2 Å². The van der Waals surface area contributed by atoms with Crippen LogP contribution in [0.3, 0.4) is 0 Å². The molecule has 0 spiro atoms. The van der Waals surface area contributed by atoms with E-state index < -0.39 is 5.41 Å². The molecule has 1 N–H and O–H groups in total. The van der Waals surface area contributed by atoms with Crippen molar-refractivity contribution in [3.63, 3.8) is 0 Å². The predicted octanol–water partition coefficient (Wildman–Crippen LogP) is 6.29. The lowest BCUT2D eigenvalue weighted by molar-refractivity contribution is 0.317. The molecule has 0 aliphatic carbocycles. The first kappa shape index (κ1) is 24.0. The Labute approximate surface area is 200 Å². The van der Waals surface area contributed by atoms with Gasteiger partial charge in [0.05, 0.1) is 40.8 Å². The lowest BCUT2D eigenvalue weighted by atomic mass is 9.80. The lowest BCUT2D eigenvalue weighted by Gasteiger charge is -2.32. The molecule has 3 aromatic carbocycles. The van der Waals surface area contributed by atoms with Gasteiger partial charge in [-0.25, -0.2) is 0 Å². The highest BCUT2D eigenvalue weighted by atomic mass is 35.5. The second kappa shape index (κ2) is 10.8. The Morgan fingerprint density at radius 2 is 1.42 bits per heavy atom. The molecule has 0 heterocycles. The standard InChI is InChI=1S/C28H25ClN4/c1-28(2,19-32)27(24-8-4-6-22(15-24)17-31)33-18-25(13-20-9-11-26(29)12-10-20)23-7-3-5-21(14-23)16-30/h3-12,14-15,25,27,33H,13,18H2,1-2H3. The molecule has 164 valence electrons. The highest BCUT2D eigenvalue weighted by Gasteiger charge is 2.31. The van der Waals surface area contributed by atoms with Crippen molar-refractivity contribution in [3.8, 4) is 18.2 Å². The Hall–Kier alpha value is -3.62. The summed E-state index contributed by atoms with van der Waals surface area (Å²) in [4.78, 5) is 0. The van der Waals surface area contributed by atoms with Gasteiger partial charge in [0.2, 0.25) is 0 Å². The Kier molecular flexibility index (Phi) is 7.87. The number of nitrogens with one attached hydrogen (secondary N) is 1. The Balaban J connectivity index is 1.93. The van der Waals surface area contributed by atoms with E-state index in [0.29, 0.717) is 22.7 Å². The minimum atomic E-state index is -0.701. The Morgan fingerprint density at radius 3 is 2.00 bits per heavy atom. The summed E-state index contributed by atoms with van der Waals surface area (Å²) in [5, 5.41) is 32.9. The smallest absolute Gasteiger partial charge is 0.0991 e. The maximum Gasteiger partial charge on any atom is 0.0991 e. The largest absolute Gasteiger partial charge is 0.308 e. The van der Waals surface area contributed by atoms with Crippen LogP contribution < -0.4 is 5.32 Å². The first-order chi connectivity index (χ1) is 15.9. The Bertz CT molecular complexity index is 1230. The van der Waals surface area contributed by atoms with E-state index in [2.05, 4.69) is 23.5 Å². The number of nitriles is 3. The molecule has 2 unspecified atom stereocenters. The second-order valence-corrected chi connectivity index (χ2v) is 9.11. The van der Waals surface area contributed by atoms with Gasteiger partial charge in [0.25, 0.3) is 0 Å². The summed E-state index contributed by atoms with van der Waals surface area (Å²) < 4.78 is 0. The quantitative estimate of drug-likeness (QED) is 0.435. The number of rotatable bonds is 8. The molecule has 33 heavy (non-hydrogen) atoms. The van der Waals surface area contributed by atoms with E-state index in [1.807, 2.05) is 74.5 Å². The van der Waals surface area contributed by atoms with Crippen molar-refractivity contribution in [1.82, 2.24) is 5.32 Å². The third-order valence-electron chi connectivity index (χ3n) is 5.81. The molecule has 0 saturated heterocycles. The summed E-state index contributed by atoms with van der Waals surface area (Å²) >= 11 is 6.06. The molecule has 0 fully saturated rings. The van der Waals surface area contributed by atoms with Crippen molar-refractivity contribution in [2.75, 3.05) is 6.54 Å². The highest BCUT2D eigenvalue weighted by molar-refractivity contribution is 6.30. The zero-order valence-electron chi connectivity index (χ0n) is 18.7. The summed E-state index contributed by atoms with van der Waals surface area (Å²) in [6.07, 6.45) is 0.747. The zero-order chi connectivity index (χ0) is 23.8. The summed E-state index contributed by atoms with van der Waals surface area (Å²) in [7, 11) is 0. The van der Waals surface area contributed by atoms with Gasteiger partial charge in [-0.05, 0) is 73.4 Å². The average molecular weight is 453 g/mol. The predicted molar refractivity (Wildman–Crippen MR) is 130 cm³/mol. The highest BCUT2D eigenvalue weighted by Crippen LogP contribution is 2.34. The van der Waals surface area contributed by atoms with Crippen LogP contribution in [0.15, 0.2) is 72.8 Å². The van der Waals surface area contributed by atoms with Crippen LogP contribution in [0.1, 0.15) is 53.6 Å². The maximum absolute atomic E-state index is 9.86. The van der Waals surface area contributed by atoms with Crippen LogP contribution >= 0.6 is 11.6 Å². The van der Waals surface area contributed by atoms with Gasteiger partial charge in [-0.3, -0.25) is 0 Å². The van der Waals surface area contributed by atoms with Gasteiger partial charge >= 0.3 is 0 Å². The molecule has 3 rings (SSSR count). The first-order valence-corrected chi connectivity index (χ1v) is 11.1. The molecule has 3 aromatic rings. The van der Waals surface area contributed by atoms with Gasteiger partial charge in [0, 0.05) is 17.5 Å². The minimum Gasteiger partial charge on any atom is -0.308 e. The Morgan fingerprint density at radius 1 is 0.848 bits per heavy atom. The lowest BCUT2D eigenvalue weighted by Crippen LogP contribution is -2.36. The molecule has 2 atom stereocenters. The molecule has 0 radical (unpaired) electrons. The summed E-state index contributed by atoms with van der Waals surface area (Å²) in [6, 6.07) is 29.3. The number of benzene rings is 3. The van der Waals surface area contributed by atoms with Crippen LogP contribution in [-0.2, 0) is 6.42 Å². The molecule has 5 heteroatoms. The van der Waals surface area contributed by atoms with Crippen molar-refractivity contribution in [1.29, 1.82) is 15.8 Å². The third-order valence-corrected chi connectivity index (χ3v) is 6.06. The van der Waals surface area contributed by atoms with E-state index in [4.69, 9.17) is 11.6 Å². The number of hydrogen-bond donors (Lipinski definition) is 1. The van der Waals surface area contributed by atoms with Crippen molar-refractivity contribution < 1.29 is 0 Å². The van der Waals surface area contributed by atoms with E-state index >= 15 is 0 Å². The number of halogens is 1. The number of nitrogens with zero attached hydrogens (tertiary/aromatic N) is 3. The van der Waals surface area contributed by atoms with E-state index in [0.717, 1.165) is 23.1 Å². The van der Waals surface area contributed by atoms with Crippen LogP contribution in [0, 0.1) is 39.4 Å². The van der Waals surface area contributed by atoms with Crippen LogP contribution in [0.2, 0.25) is 5.02 Å². The van der Waals surface area contributed by atoms with Gasteiger partial charge in [0.15, 0.2) is 0 Å². The average Bonchev–Trinajstić information content (AvgIpc) is 2.84. The second-order valence-electron chi connectivity index (χ2n) is 8.68. The zero-order valence-corrected chi connectivity index (χ0v) is 19.5. The number of hydrogen-bond acceptors (Lipinski definition) is 4. The molecule has 0 bridgehead atoms. The topological polar surface area (TPSA) is 83.4 Å². The summed E-state index contributed by atoms with van der Waals surface area (Å²) in [5.41, 5.74) is 3.56. The van der Waals surface area contributed by atoms with E-state index in [-0.39, 0.29) is 12.0 Å². The molecule has 0 aromatic heterocycles. The van der Waals surface area contributed by atoms with Crippen molar-refractivity contribution >= 4 is 11.6 Å². The van der Waals surface area contributed by atoms with E-state index in [1.54, 1.807) is 12.1 Å². The fourth-order valence-corrected chi connectivity index (χ4v) is 4.10. The monoisotopic (exact) mass is 452 g/mol. The normalized spacial score (nSPS) is 12.7. The molecular weight excluding hydrogens is 428 g/mol. The molecule has 0 aliphatic heterocycles. The fraction of sp³-hybridized carbons (Fsp3) is 0.250. The maximum atomic E-state index is 9.86. The fourth-order valence-electron chi connectivity index (χ4n) is 3.98. The van der Waals surface area contributed by atoms with E-state index in [1.165, 1.54) is 0 Å². The molecule has 0 aliphatic rings. The van der Waals surface area contributed by atoms with Gasteiger partial charge in [-0.2, -0.15) is 15.8 Å². The SMILES string of the molecule is CC(C)(C#N)C(NCC(Cc1ccc(Cl)cc1)c1cccc(C#N)c1)c1cccc(C#N)c1. The summed E-state index contributed by atoms with van der Waals surface area (Å²) in [5.74, 6) is 0.0654. The first-order valence-electron chi connectivity index (χ1n) is 10.8. The van der Waals surface area contributed by atoms with Crippen molar-refractivity contribution in [2.24, 2.45) is 5.41 Å². The third kappa shape index (κ3) is 6.21. The van der Waals surface area contributed by atoms with Crippen LogP contribution in [0.4, 0.5) is 0 Å². The van der Waals surface area contributed by atoms with Crippen LogP contribution in [-0.4, -0.2) is 6.54 Å². The van der Waals surface area contributed by atoms with Gasteiger partial charge in [-0.15, -0.1) is 0 Å². The molecular formula is C28H25ClN4. The van der Waals surface area contributed by atoms with Crippen LogP contribution in [0.5, 0.6) is 0 Å². The minimum absolute atomic E-state index is 0.0654. The van der Waals surface area contributed by atoms with Gasteiger partial charge in [0.1, 0.15) is 0 Å². The van der Waals surface area contributed by atoms with Gasteiger partial charge < -0.3 is 5.32 Å². The van der Waals surface area contributed by atoms with E-state index in [9.17, 15) is 15.8 Å². The van der Waals surface area contributed by atoms with Crippen molar-refractivity contribution in [3.05, 3.63) is 106 Å². The molecule has 4 nitrogen and oxygen atoms in total.